The van der Waals surface area contributed by atoms with Crippen LogP contribution in [0.25, 0.3) is 10.1 Å². The van der Waals surface area contributed by atoms with Crippen LogP contribution in [-0.4, -0.2) is 34.6 Å². The lowest BCUT2D eigenvalue weighted by Gasteiger charge is -2.33. The van der Waals surface area contributed by atoms with Crippen molar-refractivity contribution in [3.05, 3.63) is 42.3 Å². The van der Waals surface area contributed by atoms with E-state index in [4.69, 9.17) is 4.74 Å². The third-order valence-electron chi connectivity index (χ3n) is 4.18. The van der Waals surface area contributed by atoms with E-state index in [1.54, 1.807) is 29.9 Å². The Kier molecular flexibility index (Phi) is 4.06. The Morgan fingerprint density at radius 3 is 3.13 bits per heavy atom. The summed E-state index contributed by atoms with van der Waals surface area (Å²) in [7, 11) is 0. The second-order valence-electron chi connectivity index (χ2n) is 5.78. The van der Waals surface area contributed by atoms with Crippen molar-refractivity contribution >= 4 is 27.2 Å². The van der Waals surface area contributed by atoms with Gasteiger partial charge in [0.05, 0.1) is 12.8 Å². The van der Waals surface area contributed by atoms with E-state index in [-0.39, 0.29) is 0 Å². The normalized spacial score (nSPS) is 18.3. The topological polar surface area (TPSA) is 51.1 Å². The van der Waals surface area contributed by atoms with Crippen molar-refractivity contribution in [2.45, 2.75) is 12.8 Å². The van der Waals surface area contributed by atoms with Gasteiger partial charge in [0, 0.05) is 47.7 Å². The van der Waals surface area contributed by atoms with Crippen molar-refractivity contribution in [2.24, 2.45) is 5.92 Å². The highest BCUT2D eigenvalue weighted by Crippen LogP contribution is 2.31. The first-order valence-electron chi connectivity index (χ1n) is 7.86. The van der Waals surface area contributed by atoms with Gasteiger partial charge in [-0.15, -0.1) is 11.3 Å². The largest absolute Gasteiger partial charge is 0.476 e. The summed E-state index contributed by atoms with van der Waals surface area (Å²) < 4.78 is 7.08. The minimum Gasteiger partial charge on any atom is -0.476 e. The molecule has 0 amide bonds. The first kappa shape index (κ1) is 14.4. The third kappa shape index (κ3) is 3.12. The minimum atomic E-state index is 0.487. The van der Waals surface area contributed by atoms with Crippen LogP contribution in [0.1, 0.15) is 12.8 Å². The smallest absolute Gasteiger partial charge is 0.232 e. The van der Waals surface area contributed by atoms with E-state index in [0.29, 0.717) is 18.4 Å². The van der Waals surface area contributed by atoms with Crippen LogP contribution in [0, 0.1) is 5.92 Å². The molecule has 0 aromatic carbocycles. The molecule has 1 aliphatic rings. The van der Waals surface area contributed by atoms with Gasteiger partial charge in [-0.1, -0.05) is 0 Å². The molecule has 6 heteroatoms. The molecule has 23 heavy (non-hydrogen) atoms. The summed E-state index contributed by atoms with van der Waals surface area (Å²) in [5, 5.41) is 3.39. The predicted octanol–water partition coefficient (Wildman–Crippen LogP) is 3.38. The molecule has 5 nitrogen and oxygen atoms in total. The van der Waals surface area contributed by atoms with E-state index < -0.39 is 0 Å². The summed E-state index contributed by atoms with van der Waals surface area (Å²) in [6.45, 7) is 2.71. The lowest BCUT2D eigenvalue weighted by molar-refractivity contribution is 0.221. The highest BCUT2D eigenvalue weighted by molar-refractivity contribution is 7.17. The lowest BCUT2D eigenvalue weighted by Crippen LogP contribution is -2.38. The molecule has 118 valence electrons. The zero-order valence-corrected chi connectivity index (χ0v) is 13.6. The molecule has 1 atom stereocenters. The molecule has 4 rings (SSSR count). The van der Waals surface area contributed by atoms with Crippen molar-refractivity contribution in [3.63, 3.8) is 0 Å². The number of ether oxygens (including phenoxy) is 1. The number of hydrogen-bond donors (Lipinski definition) is 0. The van der Waals surface area contributed by atoms with E-state index in [2.05, 4.69) is 37.4 Å². The van der Waals surface area contributed by atoms with E-state index >= 15 is 0 Å². The van der Waals surface area contributed by atoms with Crippen LogP contribution in [-0.2, 0) is 0 Å². The fourth-order valence-corrected chi connectivity index (χ4v) is 3.86. The van der Waals surface area contributed by atoms with E-state index in [0.717, 1.165) is 25.3 Å². The molecule has 0 spiro atoms. The molecule has 3 aromatic heterocycles. The van der Waals surface area contributed by atoms with Gasteiger partial charge in [-0.3, -0.25) is 4.98 Å². The Bertz CT molecular complexity index is 776. The Morgan fingerprint density at radius 1 is 1.22 bits per heavy atom. The number of thiophene rings is 1. The average Bonchev–Trinajstić information content (AvgIpc) is 3.10. The quantitative estimate of drug-likeness (QED) is 0.735. The number of nitrogens with zero attached hydrogens (tertiary/aromatic N) is 4. The van der Waals surface area contributed by atoms with Crippen LogP contribution < -0.4 is 9.64 Å². The number of fused-ring (bicyclic) bond motifs is 1. The summed E-state index contributed by atoms with van der Waals surface area (Å²) in [4.78, 5) is 15.2. The number of anilines is 1. The molecule has 0 radical (unpaired) electrons. The molecule has 1 fully saturated rings. The number of piperidine rings is 1. The second kappa shape index (κ2) is 6.50. The van der Waals surface area contributed by atoms with Crippen LogP contribution in [0.15, 0.2) is 42.3 Å². The molecule has 3 aromatic rings. The molecule has 1 saturated heterocycles. The molecule has 0 aliphatic carbocycles. The van der Waals surface area contributed by atoms with Gasteiger partial charge in [-0.25, -0.2) is 9.97 Å². The fraction of sp³-hybridized carbons (Fsp3) is 0.353. The van der Waals surface area contributed by atoms with Gasteiger partial charge in [0.15, 0.2) is 0 Å². The molecule has 1 unspecified atom stereocenters. The standard InChI is InChI=1S/C17H18N4OS/c1-2-13(12-22-16-10-18-6-7-19-16)11-21(8-1)17-14-4-9-23-15(14)3-5-20-17/h3-7,9-10,13H,1-2,8,11-12H2. The van der Waals surface area contributed by atoms with Crippen molar-refractivity contribution in [1.29, 1.82) is 0 Å². The van der Waals surface area contributed by atoms with Crippen molar-refractivity contribution in [2.75, 3.05) is 24.6 Å². The highest BCUT2D eigenvalue weighted by atomic mass is 32.1. The van der Waals surface area contributed by atoms with Gasteiger partial charge < -0.3 is 9.64 Å². The summed E-state index contributed by atoms with van der Waals surface area (Å²) in [6, 6.07) is 4.25. The van der Waals surface area contributed by atoms with E-state index in [1.165, 1.54) is 16.5 Å². The maximum Gasteiger partial charge on any atom is 0.232 e. The van der Waals surface area contributed by atoms with Crippen LogP contribution in [0.3, 0.4) is 0 Å². The number of aromatic nitrogens is 3. The van der Waals surface area contributed by atoms with Gasteiger partial charge in [-0.05, 0) is 30.4 Å². The summed E-state index contributed by atoms with van der Waals surface area (Å²) in [6.07, 6.45) is 9.22. The van der Waals surface area contributed by atoms with Crippen LogP contribution in [0.5, 0.6) is 5.88 Å². The first-order valence-corrected chi connectivity index (χ1v) is 8.74. The van der Waals surface area contributed by atoms with Gasteiger partial charge in [0.25, 0.3) is 0 Å². The molecule has 1 aliphatic heterocycles. The predicted molar refractivity (Wildman–Crippen MR) is 92.1 cm³/mol. The fourth-order valence-electron chi connectivity index (χ4n) is 3.09. The van der Waals surface area contributed by atoms with Crippen LogP contribution >= 0.6 is 11.3 Å². The summed E-state index contributed by atoms with van der Waals surface area (Å²) >= 11 is 1.77. The number of hydrogen-bond acceptors (Lipinski definition) is 6. The first-order chi connectivity index (χ1) is 11.4. The summed E-state index contributed by atoms with van der Waals surface area (Å²) in [5.74, 6) is 2.19. The maximum atomic E-state index is 5.78. The Hall–Kier alpha value is -2.21. The Balaban J connectivity index is 1.46. The van der Waals surface area contributed by atoms with Gasteiger partial charge in [0.1, 0.15) is 5.82 Å². The molecule has 0 saturated carbocycles. The molecule has 0 bridgehead atoms. The monoisotopic (exact) mass is 326 g/mol. The Labute approximate surface area is 139 Å². The van der Waals surface area contributed by atoms with E-state index in [9.17, 15) is 0 Å². The average molecular weight is 326 g/mol. The maximum absolute atomic E-state index is 5.78. The molecular formula is C17H18N4OS. The molecular weight excluding hydrogens is 308 g/mol. The van der Waals surface area contributed by atoms with Crippen molar-refractivity contribution in [3.8, 4) is 5.88 Å². The third-order valence-corrected chi connectivity index (χ3v) is 5.07. The Morgan fingerprint density at radius 2 is 2.22 bits per heavy atom. The number of rotatable bonds is 4. The van der Waals surface area contributed by atoms with Gasteiger partial charge >= 0.3 is 0 Å². The zero-order chi connectivity index (χ0) is 15.5. The van der Waals surface area contributed by atoms with Gasteiger partial charge in [-0.2, -0.15) is 0 Å². The van der Waals surface area contributed by atoms with Crippen molar-refractivity contribution < 1.29 is 4.74 Å². The van der Waals surface area contributed by atoms with Crippen LogP contribution in [0.4, 0.5) is 5.82 Å². The SMILES string of the molecule is c1cnc(OCC2CCCN(c3nccc4sccc34)C2)cn1. The highest BCUT2D eigenvalue weighted by Gasteiger charge is 2.23. The minimum absolute atomic E-state index is 0.487. The molecule has 0 N–H and O–H groups in total. The second-order valence-corrected chi connectivity index (χ2v) is 6.72. The summed E-state index contributed by atoms with van der Waals surface area (Å²) in [5.41, 5.74) is 0. The lowest BCUT2D eigenvalue weighted by atomic mass is 9.99. The van der Waals surface area contributed by atoms with E-state index in [1.807, 2.05) is 6.20 Å². The zero-order valence-electron chi connectivity index (χ0n) is 12.8. The van der Waals surface area contributed by atoms with Crippen LogP contribution in [0.2, 0.25) is 0 Å². The van der Waals surface area contributed by atoms with Gasteiger partial charge in [0.2, 0.25) is 5.88 Å². The molecule has 4 heterocycles. The number of pyridine rings is 1. The van der Waals surface area contributed by atoms with Crippen molar-refractivity contribution in [1.82, 2.24) is 15.0 Å².